The summed E-state index contributed by atoms with van der Waals surface area (Å²) in [5.74, 6) is -1.07. The van der Waals surface area contributed by atoms with E-state index >= 15 is 0 Å². The third kappa shape index (κ3) is 7.95. The zero-order chi connectivity index (χ0) is 21.8. The number of alkyl carbamates (subject to hydrolysis) is 1. The van der Waals surface area contributed by atoms with Crippen LogP contribution in [0.2, 0.25) is 0 Å². The number of ether oxygens (including phenoxy) is 1. The van der Waals surface area contributed by atoms with Gasteiger partial charge >= 0.3 is 6.09 Å². The van der Waals surface area contributed by atoms with Crippen molar-refractivity contribution in [3.05, 3.63) is 71.8 Å². The van der Waals surface area contributed by atoms with Gasteiger partial charge in [0.05, 0.1) is 0 Å². The molecule has 0 aliphatic rings. The summed E-state index contributed by atoms with van der Waals surface area (Å²) in [7, 11) is 0. The number of benzene rings is 2. The minimum Gasteiger partial charge on any atom is -0.445 e. The minimum atomic E-state index is -0.904. The fourth-order valence-electron chi connectivity index (χ4n) is 2.93. The van der Waals surface area contributed by atoms with Crippen molar-refractivity contribution in [3.8, 4) is 0 Å². The van der Waals surface area contributed by atoms with Crippen LogP contribution >= 0.6 is 0 Å². The van der Waals surface area contributed by atoms with Gasteiger partial charge in [0.15, 0.2) is 0 Å². The molecular weight excluding hydrogens is 382 g/mol. The molecular formula is C23H29N3O4. The van der Waals surface area contributed by atoms with E-state index < -0.39 is 30.0 Å². The highest BCUT2D eigenvalue weighted by atomic mass is 16.5. The summed E-state index contributed by atoms with van der Waals surface area (Å²) in [5, 5.41) is 5.28. The number of unbranched alkanes of at least 4 members (excludes halogenated alkanes) is 1. The molecule has 7 heteroatoms. The standard InChI is InChI=1S/C23H29N3O4/c1-2-3-14-19(21(24)27)25-22(28)20(15-17-10-6-4-7-11-17)26-23(29)30-16-18-12-8-5-9-13-18/h4-13,19-20H,2-3,14-16H2,1H3,(H2,24,27)(H,25,28)(H,26,29)/t19-,20+/m1/s1. The lowest BCUT2D eigenvalue weighted by Gasteiger charge is -2.22. The van der Waals surface area contributed by atoms with Gasteiger partial charge in [0, 0.05) is 6.42 Å². The summed E-state index contributed by atoms with van der Waals surface area (Å²) in [6, 6.07) is 16.9. The number of rotatable bonds is 11. The van der Waals surface area contributed by atoms with E-state index in [0.717, 1.165) is 24.0 Å². The molecule has 2 rings (SSSR count). The summed E-state index contributed by atoms with van der Waals surface area (Å²) in [5.41, 5.74) is 7.13. The molecule has 0 unspecified atom stereocenters. The Morgan fingerprint density at radius 3 is 2.07 bits per heavy atom. The number of nitrogens with one attached hydrogen (secondary N) is 2. The van der Waals surface area contributed by atoms with Crippen LogP contribution in [0, 0.1) is 0 Å². The predicted octanol–water partition coefficient (Wildman–Crippen LogP) is 2.68. The number of amides is 3. The topological polar surface area (TPSA) is 111 Å². The highest BCUT2D eigenvalue weighted by molar-refractivity contribution is 5.90. The third-order valence-corrected chi connectivity index (χ3v) is 4.61. The van der Waals surface area contributed by atoms with E-state index in [-0.39, 0.29) is 13.0 Å². The lowest BCUT2D eigenvalue weighted by molar-refractivity contribution is -0.128. The molecule has 2 aromatic carbocycles. The van der Waals surface area contributed by atoms with Crippen molar-refractivity contribution in [2.75, 3.05) is 0 Å². The Morgan fingerprint density at radius 1 is 0.900 bits per heavy atom. The Balaban J connectivity index is 2.04. The van der Waals surface area contributed by atoms with Crippen molar-refractivity contribution in [1.29, 1.82) is 0 Å². The number of hydrogen-bond acceptors (Lipinski definition) is 4. The smallest absolute Gasteiger partial charge is 0.408 e. The van der Waals surface area contributed by atoms with Crippen LogP contribution in [-0.2, 0) is 27.4 Å². The Hall–Kier alpha value is -3.35. The summed E-state index contributed by atoms with van der Waals surface area (Å²) >= 11 is 0. The second-order valence-electron chi connectivity index (χ2n) is 7.05. The van der Waals surface area contributed by atoms with E-state index in [2.05, 4.69) is 10.6 Å². The number of carbonyl (C=O) groups excluding carboxylic acids is 3. The first kappa shape index (κ1) is 22.9. The number of primary amides is 1. The highest BCUT2D eigenvalue weighted by Gasteiger charge is 2.26. The van der Waals surface area contributed by atoms with E-state index in [9.17, 15) is 14.4 Å². The van der Waals surface area contributed by atoms with Gasteiger partial charge in [0.25, 0.3) is 0 Å². The number of carbonyl (C=O) groups is 3. The Bertz CT molecular complexity index is 812. The van der Waals surface area contributed by atoms with E-state index in [1.807, 2.05) is 67.6 Å². The second-order valence-corrected chi connectivity index (χ2v) is 7.05. The molecule has 0 radical (unpaired) electrons. The maximum atomic E-state index is 12.8. The van der Waals surface area contributed by atoms with Crippen LogP contribution in [0.15, 0.2) is 60.7 Å². The average Bonchev–Trinajstić information content (AvgIpc) is 2.76. The summed E-state index contributed by atoms with van der Waals surface area (Å²) < 4.78 is 5.24. The monoisotopic (exact) mass is 411 g/mol. The molecule has 0 bridgehead atoms. The molecule has 160 valence electrons. The number of hydrogen-bond donors (Lipinski definition) is 3. The molecule has 4 N–H and O–H groups in total. The molecule has 0 aliphatic heterocycles. The molecule has 0 aromatic heterocycles. The van der Waals surface area contributed by atoms with Crippen molar-refractivity contribution in [3.63, 3.8) is 0 Å². The zero-order valence-electron chi connectivity index (χ0n) is 17.2. The Labute approximate surface area is 177 Å². The second kappa shape index (κ2) is 12.3. The van der Waals surface area contributed by atoms with E-state index in [1.165, 1.54) is 0 Å². The van der Waals surface area contributed by atoms with Gasteiger partial charge < -0.3 is 21.1 Å². The quantitative estimate of drug-likeness (QED) is 0.528. The van der Waals surface area contributed by atoms with E-state index in [0.29, 0.717) is 6.42 Å². The van der Waals surface area contributed by atoms with Crippen molar-refractivity contribution < 1.29 is 19.1 Å². The fraction of sp³-hybridized carbons (Fsp3) is 0.348. The molecule has 0 heterocycles. The lowest BCUT2D eigenvalue weighted by Crippen LogP contribution is -2.53. The van der Waals surface area contributed by atoms with Crippen LogP contribution < -0.4 is 16.4 Å². The first-order chi connectivity index (χ1) is 14.5. The largest absolute Gasteiger partial charge is 0.445 e. The van der Waals surface area contributed by atoms with Crippen molar-refractivity contribution >= 4 is 17.9 Å². The van der Waals surface area contributed by atoms with Crippen LogP contribution in [-0.4, -0.2) is 30.0 Å². The van der Waals surface area contributed by atoms with Gasteiger partial charge in [-0.2, -0.15) is 0 Å². The molecule has 0 aliphatic carbocycles. The predicted molar refractivity (Wildman–Crippen MR) is 114 cm³/mol. The van der Waals surface area contributed by atoms with Gasteiger partial charge in [0.1, 0.15) is 18.7 Å². The molecule has 0 fully saturated rings. The molecule has 2 atom stereocenters. The lowest BCUT2D eigenvalue weighted by atomic mass is 10.0. The third-order valence-electron chi connectivity index (χ3n) is 4.61. The Morgan fingerprint density at radius 2 is 1.50 bits per heavy atom. The van der Waals surface area contributed by atoms with Crippen LogP contribution in [0.1, 0.15) is 37.3 Å². The van der Waals surface area contributed by atoms with Crippen molar-refractivity contribution in [2.45, 2.75) is 51.3 Å². The van der Waals surface area contributed by atoms with Gasteiger partial charge in [-0.3, -0.25) is 9.59 Å². The van der Waals surface area contributed by atoms with Crippen LogP contribution in [0.25, 0.3) is 0 Å². The van der Waals surface area contributed by atoms with Gasteiger partial charge in [-0.1, -0.05) is 80.4 Å². The normalized spacial score (nSPS) is 12.4. The Kier molecular flexibility index (Phi) is 9.37. The van der Waals surface area contributed by atoms with Crippen molar-refractivity contribution in [1.82, 2.24) is 10.6 Å². The van der Waals surface area contributed by atoms with Gasteiger partial charge in [0.2, 0.25) is 11.8 Å². The van der Waals surface area contributed by atoms with Crippen LogP contribution in [0.3, 0.4) is 0 Å². The first-order valence-electron chi connectivity index (χ1n) is 10.1. The number of nitrogens with two attached hydrogens (primary N) is 1. The van der Waals surface area contributed by atoms with E-state index in [1.54, 1.807) is 0 Å². The fourth-order valence-corrected chi connectivity index (χ4v) is 2.93. The summed E-state index contributed by atoms with van der Waals surface area (Å²) in [6.45, 7) is 2.08. The van der Waals surface area contributed by atoms with Gasteiger partial charge in [-0.15, -0.1) is 0 Å². The van der Waals surface area contributed by atoms with Gasteiger partial charge in [-0.05, 0) is 17.5 Å². The molecule has 0 spiro atoms. The summed E-state index contributed by atoms with van der Waals surface area (Å²) in [6.07, 6.45) is 1.63. The molecule has 0 saturated heterocycles. The molecule has 2 aromatic rings. The summed E-state index contributed by atoms with van der Waals surface area (Å²) in [4.78, 5) is 36.9. The SMILES string of the molecule is CCCC[C@@H](NC(=O)[C@H](Cc1ccccc1)NC(=O)OCc1ccccc1)C(N)=O. The van der Waals surface area contributed by atoms with Crippen LogP contribution in [0.5, 0.6) is 0 Å². The maximum Gasteiger partial charge on any atom is 0.408 e. The van der Waals surface area contributed by atoms with E-state index in [4.69, 9.17) is 10.5 Å². The maximum absolute atomic E-state index is 12.8. The molecule has 7 nitrogen and oxygen atoms in total. The highest BCUT2D eigenvalue weighted by Crippen LogP contribution is 2.07. The molecule has 3 amide bonds. The first-order valence-corrected chi connectivity index (χ1v) is 10.1. The average molecular weight is 412 g/mol. The zero-order valence-corrected chi connectivity index (χ0v) is 17.2. The van der Waals surface area contributed by atoms with Crippen molar-refractivity contribution in [2.24, 2.45) is 5.73 Å². The molecule has 30 heavy (non-hydrogen) atoms. The van der Waals surface area contributed by atoms with Gasteiger partial charge in [-0.25, -0.2) is 4.79 Å². The minimum absolute atomic E-state index is 0.0900. The van der Waals surface area contributed by atoms with Crippen LogP contribution in [0.4, 0.5) is 4.79 Å². The molecule has 0 saturated carbocycles.